The Bertz CT molecular complexity index is 463. The summed E-state index contributed by atoms with van der Waals surface area (Å²) in [4.78, 5) is 14.3. The SMILES string of the molecule is COCCN(C(=O)C(C#N)c1ccccc1)C1CC1. The first-order valence-corrected chi connectivity index (χ1v) is 6.52. The highest BCUT2D eigenvalue weighted by atomic mass is 16.5. The minimum atomic E-state index is -0.710. The predicted octanol–water partition coefficient (Wildman–Crippen LogP) is 1.93. The van der Waals surface area contributed by atoms with E-state index in [0.717, 1.165) is 18.4 Å². The standard InChI is InChI=1S/C15H18N2O2/c1-19-10-9-17(13-7-8-13)15(18)14(11-16)12-5-3-2-4-6-12/h2-6,13-14H,7-10H2,1H3. The lowest BCUT2D eigenvalue weighted by Crippen LogP contribution is -2.38. The molecule has 1 aromatic rings. The Morgan fingerprint density at radius 2 is 2.16 bits per heavy atom. The number of amides is 1. The second-order valence-electron chi connectivity index (χ2n) is 4.73. The van der Waals surface area contributed by atoms with Gasteiger partial charge in [-0.05, 0) is 18.4 Å². The lowest BCUT2D eigenvalue weighted by atomic mass is 9.99. The van der Waals surface area contributed by atoms with Crippen LogP contribution in [0.2, 0.25) is 0 Å². The number of ether oxygens (including phenoxy) is 1. The maximum Gasteiger partial charge on any atom is 0.244 e. The van der Waals surface area contributed by atoms with Gasteiger partial charge >= 0.3 is 0 Å². The van der Waals surface area contributed by atoms with Gasteiger partial charge in [-0.25, -0.2) is 0 Å². The van der Waals surface area contributed by atoms with Gasteiger partial charge in [0.1, 0.15) is 5.92 Å². The molecule has 1 fully saturated rings. The van der Waals surface area contributed by atoms with E-state index in [1.54, 1.807) is 12.0 Å². The molecule has 0 aromatic heterocycles. The fourth-order valence-corrected chi connectivity index (χ4v) is 2.13. The quantitative estimate of drug-likeness (QED) is 0.783. The maximum absolute atomic E-state index is 12.5. The van der Waals surface area contributed by atoms with Gasteiger partial charge < -0.3 is 9.64 Å². The largest absolute Gasteiger partial charge is 0.383 e. The van der Waals surface area contributed by atoms with Gasteiger partial charge in [-0.2, -0.15) is 5.26 Å². The van der Waals surface area contributed by atoms with Gasteiger partial charge in [0.05, 0.1) is 12.7 Å². The molecule has 0 aliphatic heterocycles. The highest BCUT2D eigenvalue weighted by molar-refractivity contribution is 5.87. The monoisotopic (exact) mass is 258 g/mol. The van der Waals surface area contributed by atoms with Gasteiger partial charge in [0.2, 0.25) is 5.91 Å². The Morgan fingerprint density at radius 3 is 2.68 bits per heavy atom. The fourth-order valence-electron chi connectivity index (χ4n) is 2.13. The number of nitrogens with zero attached hydrogens (tertiary/aromatic N) is 2. The highest BCUT2D eigenvalue weighted by Gasteiger charge is 2.36. The van der Waals surface area contributed by atoms with E-state index >= 15 is 0 Å². The summed E-state index contributed by atoms with van der Waals surface area (Å²) < 4.78 is 5.04. The van der Waals surface area contributed by atoms with E-state index in [4.69, 9.17) is 4.74 Å². The third kappa shape index (κ3) is 3.33. The van der Waals surface area contributed by atoms with Crippen molar-refractivity contribution >= 4 is 5.91 Å². The van der Waals surface area contributed by atoms with Crippen LogP contribution in [0, 0.1) is 11.3 Å². The number of hydrogen-bond donors (Lipinski definition) is 0. The third-order valence-electron chi connectivity index (χ3n) is 3.32. The Kier molecular flexibility index (Phi) is 4.53. The second-order valence-corrected chi connectivity index (χ2v) is 4.73. The molecule has 1 unspecified atom stereocenters. The van der Waals surface area contributed by atoms with Crippen molar-refractivity contribution < 1.29 is 9.53 Å². The van der Waals surface area contributed by atoms with E-state index < -0.39 is 5.92 Å². The van der Waals surface area contributed by atoms with E-state index in [1.807, 2.05) is 30.3 Å². The third-order valence-corrected chi connectivity index (χ3v) is 3.32. The lowest BCUT2D eigenvalue weighted by Gasteiger charge is -2.24. The van der Waals surface area contributed by atoms with Crippen molar-refractivity contribution in [2.75, 3.05) is 20.3 Å². The molecule has 4 nitrogen and oxygen atoms in total. The summed E-state index contributed by atoms with van der Waals surface area (Å²) in [5, 5.41) is 9.30. The van der Waals surface area contributed by atoms with Crippen LogP contribution < -0.4 is 0 Å². The maximum atomic E-state index is 12.5. The van der Waals surface area contributed by atoms with Crippen molar-refractivity contribution in [1.29, 1.82) is 5.26 Å². The first kappa shape index (κ1) is 13.6. The van der Waals surface area contributed by atoms with E-state index in [-0.39, 0.29) is 5.91 Å². The Labute approximate surface area is 113 Å². The van der Waals surface area contributed by atoms with E-state index in [1.165, 1.54) is 0 Å². The molecule has 0 bridgehead atoms. The molecular weight excluding hydrogens is 240 g/mol. The molecule has 1 atom stereocenters. The van der Waals surface area contributed by atoms with Crippen LogP contribution in [0.15, 0.2) is 30.3 Å². The zero-order valence-corrected chi connectivity index (χ0v) is 11.1. The number of nitriles is 1. The highest BCUT2D eigenvalue weighted by Crippen LogP contribution is 2.30. The van der Waals surface area contributed by atoms with Crippen LogP contribution in [-0.2, 0) is 9.53 Å². The number of carbonyl (C=O) groups excluding carboxylic acids is 1. The molecule has 2 rings (SSSR count). The van der Waals surface area contributed by atoms with Crippen LogP contribution in [0.25, 0.3) is 0 Å². The molecule has 1 aliphatic carbocycles. The molecule has 4 heteroatoms. The zero-order chi connectivity index (χ0) is 13.7. The average molecular weight is 258 g/mol. The van der Waals surface area contributed by atoms with Gasteiger partial charge in [0, 0.05) is 19.7 Å². The topological polar surface area (TPSA) is 53.3 Å². The Hall–Kier alpha value is -1.86. The van der Waals surface area contributed by atoms with Gasteiger partial charge in [-0.3, -0.25) is 4.79 Å². The van der Waals surface area contributed by atoms with E-state index in [0.29, 0.717) is 19.2 Å². The van der Waals surface area contributed by atoms with Crippen molar-refractivity contribution in [2.45, 2.75) is 24.8 Å². The molecule has 19 heavy (non-hydrogen) atoms. The number of benzene rings is 1. The van der Waals surface area contributed by atoms with Crippen molar-refractivity contribution in [3.05, 3.63) is 35.9 Å². The van der Waals surface area contributed by atoms with Gasteiger partial charge in [0.25, 0.3) is 0 Å². The minimum absolute atomic E-state index is 0.103. The number of methoxy groups -OCH3 is 1. The minimum Gasteiger partial charge on any atom is -0.383 e. The average Bonchev–Trinajstić information content (AvgIpc) is 3.26. The van der Waals surface area contributed by atoms with E-state index in [9.17, 15) is 10.1 Å². The molecular formula is C15H18N2O2. The van der Waals surface area contributed by atoms with Crippen molar-refractivity contribution in [3.63, 3.8) is 0 Å². The summed E-state index contributed by atoms with van der Waals surface area (Å²) >= 11 is 0. The Balaban J connectivity index is 2.13. The molecule has 1 aliphatic rings. The molecule has 0 N–H and O–H groups in total. The van der Waals surface area contributed by atoms with Crippen LogP contribution in [-0.4, -0.2) is 37.1 Å². The molecule has 0 heterocycles. The summed E-state index contributed by atoms with van der Waals surface area (Å²) in [7, 11) is 1.62. The smallest absolute Gasteiger partial charge is 0.244 e. The first-order chi connectivity index (χ1) is 9.27. The van der Waals surface area contributed by atoms with Crippen LogP contribution in [0.5, 0.6) is 0 Å². The fraction of sp³-hybridized carbons (Fsp3) is 0.467. The molecule has 1 aromatic carbocycles. The molecule has 0 spiro atoms. The first-order valence-electron chi connectivity index (χ1n) is 6.52. The molecule has 100 valence electrons. The summed E-state index contributed by atoms with van der Waals surface area (Å²) in [6, 6.07) is 11.7. The van der Waals surface area contributed by atoms with Gasteiger partial charge in [-0.15, -0.1) is 0 Å². The summed E-state index contributed by atoms with van der Waals surface area (Å²) in [6.45, 7) is 1.07. The lowest BCUT2D eigenvalue weighted by molar-refractivity contribution is -0.132. The molecule has 1 saturated carbocycles. The Morgan fingerprint density at radius 1 is 1.47 bits per heavy atom. The summed E-state index contributed by atoms with van der Waals surface area (Å²) in [5.74, 6) is -0.813. The van der Waals surface area contributed by atoms with Crippen LogP contribution >= 0.6 is 0 Å². The number of rotatable bonds is 6. The van der Waals surface area contributed by atoms with Crippen molar-refractivity contribution in [2.24, 2.45) is 0 Å². The second kappa shape index (κ2) is 6.35. The molecule has 0 saturated heterocycles. The summed E-state index contributed by atoms with van der Waals surface area (Å²) in [6.07, 6.45) is 2.06. The van der Waals surface area contributed by atoms with Gasteiger partial charge in [-0.1, -0.05) is 30.3 Å². The predicted molar refractivity (Wildman–Crippen MR) is 71.4 cm³/mol. The normalized spacial score (nSPS) is 15.6. The van der Waals surface area contributed by atoms with Crippen LogP contribution in [0.1, 0.15) is 24.3 Å². The van der Waals surface area contributed by atoms with Gasteiger partial charge in [0.15, 0.2) is 0 Å². The summed E-state index contributed by atoms with van der Waals surface area (Å²) in [5.41, 5.74) is 0.762. The zero-order valence-electron chi connectivity index (χ0n) is 11.1. The molecule has 0 radical (unpaired) electrons. The number of hydrogen-bond acceptors (Lipinski definition) is 3. The van der Waals surface area contributed by atoms with Crippen LogP contribution in [0.4, 0.5) is 0 Å². The van der Waals surface area contributed by atoms with Crippen molar-refractivity contribution in [3.8, 4) is 6.07 Å². The molecule has 1 amide bonds. The van der Waals surface area contributed by atoms with Crippen LogP contribution in [0.3, 0.4) is 0 Å². The van der Waals surface area contributed by atoms with Crippen molar-refractivity contribution in [1.82, 2.24) is 4.90 Å². The number of carbonyl (C=O) groups is 1. The van der Waals surface area contributed by atoms with E-state index in [2.05, 4.69) is 6.07 Å².